The summed E-state index contributed by atoms with van der Waals surface area (Å²) in [5.74, 6) is 0.745. The van der Waals surface area contributed by atoms with Crippen LogP contribution in [0.3, 0.4) is 0 Å². The van der Waals surface area contributed by atoms with Crippen LogP contribution >= 0.6 is 11.6 Å². The first-order valence-corrected chi connectivity index (χ1v) is 9.40. The minimum Gasteiger partial charge on any atom is -0.355 e. The Kier molecular flexibility index (Phi) is 14.5. The second-order valence-electron chi connectivity index (χ2n) is 6.61. The van der Waals surface area contributed by atoms with E-state index in [1.165, 1.54) is 51.4 Å². The first kappa shape index (κ1) is 20.8. The zero-order valence-electron chi connectivity index (χ0n) is 14.4. The van der Waals surface area contributed by atoms with Gasteiger partial charge in [-0.15, -0.1) is 11.6 Å². The maximum Gasteiger partial charge on any atom is 0.220 e. The van der Waals surface area contributed by atoms with Crippen LogP contribution in [0.5, 0.6) is 0 Å². The molecular formula is C18H36ClNO. The Morgan fingerprint density at radius 3 is 2.00 bits per heavy atom. The zero-order chi connectivity index (χ0) is 15.9. The molecule has 0 bridgehead atoms. The average molecular weight is 318 g/mol. The molecule has 0 saturated heterocycles. The minimum atomic E-state index is 0.0667. The van der Waals surface area contributed by atoms with Gasteiger partial charge in [-0.2, -0.15) is 0 Å². The number of alkyl halides is 1. The molecule has 2 nitrogen and oxygen atoms in total. The van der Waals surface area contributed by atoms with Gasteiger partial charge in [-0.05, 0) is 18.8 Å². The van der Waals surface area contributed by atoms with Crippen LogP contribution in [0.15, 0.2) is 0 Å². The summed E-state index contributed by atoms with van der Waals surface area (Å²) in [5.41, 5.74) is 0. The van der Waals surface area contributed by atoms with Crippen molar-refractivity contribution in [3.05, 3.63) is 0 Å². The minimum absolute atomic E-state index is 0.0667. The van der Waals surface area contributed by atoms with Gasteiger partial charge in [0.05, 0.1) is 5.38 Å². The van der Waals surface area contributed by atoms with Crippen LogP contribution in [0.1, 0.15) is 91.4 Å². The first-order valence-electron chi connectivity index (χ1n) is 8.97. The Balaban J connectivity index is 3.30. The zero-order valence-corrected chi connectivity index (χ0v) is 15.2. The van der Waals surface area contributed by atoms with Crippen molar-refractivity contribution in [2.75, 3.05) is 6.54 Å². The van der Waals surface area contributed by atoms with Gasteiger partial charge in [0.15, 0.2) is 0 Å². The van der Waals surface area contributed by atoms with Gasteiger partial charge in [0.2, 0.25) is 5.91 Å². The number of hydrogen-bond donors (Lipinski definition) is 1. The molecule has 0 rings (SSSR count). The number of hydrogen-bond acceptors (Lipinski definition) is 1. The molecule has 126 valence electrons. The highest BCUT2D eigenvalue weighted by Gasteiger charge is 2.09. The van der Waals surface area contributed by atoms with Crippen LogP contribution in [-0.2, 0) is 4.79 Å². The van der Waals surface area contributed by atoms with Gasteiger partial charge >= 0.3 is 0 Å². The van der Waals surface area contributed by atoms with E-state index in [0.717, 1.165) is 12.8 Å². The fourth-order valence-corrected chi connectivity index (χ4v) is 2.94. The predicted octanol–water partition coefficient (Wildman–Crippen LogP) is 5.68. The molecule has 21 heavy (non-hydrogen) atoms. The van der Waals surface area contributed by atoms with Crippen molar-refractivity contribution in [1.29, 1.82) is 0 Å². The number of rotatable bonds is 14. The molecule has 0 aromatic heterocycles. The second-order valence-corrected chi connectivity index (χ2v) is 7.23. The average Bonchev–Trinajstić information content (AvgIpc) is 2.42. The van der Waals surface area contributed by atoms with E-state index in [2.05, 4.69) is 26.1 Å². The molecule has 0 aromatic rings. The molecule has 0 saturated carbocycles. The highest BCUT2D eigenvalue weighted by Crippen LogP contribution is 2.11. The summed E-state index contributed by atoms with van der Waals surface area (Å²) in [6.07, 6.45) is 13.2. The molecule has 1 atom stereocenters. The van der Waals surface area contributed by atoms with Gasteiger partial charge in [0.25, 0.3) is 0 Å². The van der Waals surface area contributed by atoms with Crippen molar-refractivity contribution in [3.63, 3.8) is 0 Å². The SMILES string of the molecule is CCCCCCCCCCCC(=O)NCC(Cl)CC(C)C. The molecule has 0 spiro atoms. The third-order valence-electron chi connectivity index (χ3n) is 3.76. The van der Waals surface area contributed by atoms with E-state index in [-0.39, 0.29) is 11.3 Å². The second kappa shape index (κ2) is 14.7. The van der Waals surface area contributed by atoms with E-state index < -0.39 is 0 Å². The number of carbonyl (C=O) groups excluding carboxylic acids is 1. The van der Waals surface area contributed by atoms with Gasteiger partial charge in [-0.1, -0.05) is 72.1 Å². The van der Waals surface area contributed by atoms with Crippen molar-refractivity contribution in [2.24, 2.45) is 5.92 Å². The molecule has 0 aliphatic heterocycles. The van der Waals surface area contributed by atoms with Crippen LogP contribution in [0, 0.1) is 5.92 Å². The standard InChI is InChI=1S/C18H36ClNO/c1-4-5-6-7-8-9-10-11-12-13-18(21)20-15-17(19)14-16(2)3/h16-17H,4-15H2,1-3H3,(H,20,21). The normalized spacial score (nSPS) is 12.6. The van der Waals surface area contributed by atoms with Crippen molar-refractivity contribution in [2.45, 2.75) is 96.8 Å². The van der Waals surface area contributed by atoms with E-state index in [0.29, 0.717) is 18.9 Å². The Bertz CT molecular complexity index is 243. The number of carbonyl (C=O) groups is 1. The first-order chi connectivity index (χ1) is 10.1. The van der Waals surface area contributed by atoms with Crippen LogP contribution in [0.2, 0.25) is 0 Å². The summed E-state index contributed by atoms with van der Waals surface area (Å²) in [4.78, 5) is 11.7. The number of nitrogens with one attached hydrogen (secondary N) is 1. The van der Waals surface area contributed by atoms with Crippen molar-refractivity contribution in [3.8, 4) is 0 Å². The third-order valence-corrected chi connectivity index (χ3v) is 4.09. The largest absolute Gasteiger partial charge is 0.355 e. The van der Waals surface area contributed by atoms with Gasteiger partial charge in [0, 0.05) is 13.0 Å². The lowest BCUT2D eigenvalue weighted by Crippen LogP contribution is -2.30. The van der Waals surface area contributed by atoms with Gasteiger partial charge in [-0.25, -0.2) is 0 Å². The Hall–Kier alpha value is -0.240. The molecule has 0 radical (unpaired) electrons. The summed E-state index contributed by atoms with van der Waals surface area (Å²) >= 11 is 6.16. The molecule has 3 heteroatoms. The Morgan fingerprint density at radius 1 is 0.952 bits per heavy atom. The molecule has 0 heterocycles. The van der Waals surface area contributed by atoms with Crippen LogP contribution in [0.4, 0.5) is 0 Å². The third kappa shape index (κ3) is 16.0. The topological polar surface area (TPSA) is 29.1 Å². The molecule has 1 unspecified atom stereocenters. The van der Waals surface area contributed by atoms with Crippen LogP contribution < -0.4 is 5.32 Å². The van der Waals surface area contributed by atoms with Gasteiger partial charge in [-0.3, -0.25) is 4.79 Å². The molecule has 0 fully saturated rings. The van der Waals surface area contributed by atoms with Crippen LogP contribution in [-0.4, -0.2) is 17.8 Å². The van der Waals surface area contributed by atoms with Crippen molar-refractivity contribution < 1.29 is 4.79 Å². The summed E-state index contributed by atoms with van der Waals surface area (Å²) in [7, 11) is 0. The van der Waals surface area contributed by atoms with E-state index in [4.69, 9.17) is 11.6 Å². The molecule has 1 N–H and O–H groups in total. The number of amides is 1. The highest BCUT2D eigenvalue weighted by atomic mass is 35.5. The molecule has 0 aliphatic carbocycles. The fraction of sp³-hybridized carbons (Fsp3) is 0.944. The van der Waals surface area contributed by atoms with Crippen molar-refractivity contribution >= 4 is 17.5 Å². The lowest BCUT2D eigenvalue weighted by atomic mass is 10.1. The van der Waals surface area contributed by atoms with Gasteiger partial charge < -0.3 is 5.32 Å². The van der Waals surface area contributed by atoms with Crippen molar-refractivity contribution in [1.82, 2.24) is 5.32 Å². The molecule has 1 amide bonds. The highest BCUT2D eigenvalue weighted by molar-refractivity contribution is 6.20. The Labute approximate surface area is 137 Å². The summed E-state index contributed by atoms with van der Waals surface area (Å²) in [6, 6.07) is 0. The maximum absolute atomic E-state index is 11.7. The smallest absolute Gasteiger partial charge is 0.220 e. The lowest BCUT2D eigenvalue weighted by molar-refractivity contribution is -0.121. The molecule has 0 aliphatic rings. The summed E-state index contributed by atoms with van der Waals surface area (Å²) < 4.78 is 0. The summed E-state index contributed by atoms with van der Waals surface area (Å²) in [5, 5.41) is 3.01. The van der Waals surface area contributed by atoms with E-state index in [9.17, 15) is 4.79 Å². The van der Waals surface area contributed by atoms with E-state index >= 15 is 0 Å². The Morgan fingerprint density at radius 2 is 1.48 bits per heavy atom. The fourth-order valence-electron chi connectivity index (χ4n) is 2.50. The van der Waals surface area contributed by atoms with Crippen LogP contribution in [0.25, 0.3) is 0 Å². The maximum atomic E-state index is 11.7. The monoisotopic (exact) mass is 317 g/mol. The quantitative estimate of drug-likeness (QED) is 0.324. The molecule has 0 aromatic carbocycles. The lowest BCUT2D eigenvalue weighted by Gasteiger charge is -2.12. The summed E-state index contributed by atoms with van der Waals surface area (Å²) in [6.45, 7) is 7.16. The predicted molar refractivity (Wildman–Crippen MR) is 93.9 cm³/mol. The van der Waals surface area contributed by atoms with Gasteiger partial charge in [0.1, 0.15) is 0 Å². The number of halogens is 1. The molecular weight excluding hydrogens is 282 g/mol. The van der Waals surface area contributed by atoms with E-state index in [1.807, 2.05) is 0 Å². The van der Waals surface area contributed by atoms with E-state index in [1.54, 1.807) is 0 Å². The number of unbranched alkanes of at least 4 members (excludes halogenated alkanes) is 8.